The van der Waals surface area contributed by atoms with E-state index in [0.717, 1.165) is 0 Å². The van der Waals surface area contributed by atoms with E-state index in [2.05, 4.69) is 26.4 Å². The standard InChI is InChI=1S/C7H10F3N3O/c1-5(11-2)13-6(12-3)14-4-7(8,9)10/h3-4H2,1-2H3. The molecule has 0 spiro atoms. The fraction of sp³-hybridized carbons (Fsp3) is 0.571. The van der Waals surface area contributed by atoms with Gasteiger partial charge >= 0.3 is 12.2 Å². The molecule has 0 aliphatic rings. The van der Waals surface area contributed by atoms with Gasteiger partial charge in [0.2, 0.25) is 0 Å². The number of halogens is 3. The first-order chi connectivity index (χ1) is 6.39. The van der Waals surface area contributed by atoms with Crippen LogP contribution in [0.4, 0.5) is 13.2 Å². The van der Waals surface area contributed by atoms with Gasteiger partial charge in [0.15, 0.2) is 6.61 Å². The van der Waals surface area contributed by atoms with Crippen LogP contribution in [0.25, 0.3) is 0 Å². The molecular weight excluding hydrogens is 199 g/mol. The van der Waals surface area contributed by atoms with Gasteiger partial charge in [-0.2, -0.15) is 18.2 Å². The third-order valence-corrected chi connectivity index (χ3v) is 1.08. The minimum absolute atomic E-state index is 0.259. The van der Waals surface area contributed by atoms with E-state index in [1.807, 2.05) is 0 Å². The average molecular weight is 209 g/mol. The Labute approximate surface area is 79.2 Å². The molecule has 4 nitrogen and oxygen atoms in total. The lowest BCUT2D eigenvalue weighted by molar-refractivity contribution is -0.156. The van der Waals surface area contributed by atoms with Crippen LogP contribution in [0.1, 0.15) is 6.92 Å². The second-order valence-corrected chi connectivity index (χ2v) is 2.23. The zero-order valence-electron chi connectivity index (χ0n) is 7.80. The molecule has 0 aliphatic heterocycles. The summed E-state index contributed by atoms with van der Waals surface area (Å²) in [6.07, 6.45) is -4.41. The Bertz CT molecular complexity index is 257. The summed E-state index contributed by atoms with van der Waals surface area (Å²) in [7, 11) is 1.45. The summed E-state index contributed by atoms with van der Waals surface area (Å²) in [5.74, 6) is 0.259. The molecule has 0 aromatic heterocycles. The molecule has 0 rings (SSSR count). The predicted molar refractivity (Wildman–Crippen MR) is 48.0 cm³/mol. The molecule has 0 saturated carbocycles. The number of hydrogen-bond acceptors (Lipinski definition) is 2. The number of nitrogens with zero attached hydrogens (tertiary/aromatic N) is 3. The van der Waals surface area contributed by atoms with E-state index < -0.39 is 18.8 Å². The zero-order chi connectivity index (χ0) is 11.2. The highest BCUT2D eigenvalue weighted by molar-refractivity contribution is 5.93. The van der Waals surface area contributed by atoms with Crippen LogP contribution < -0.4 is 0 Å². The fourth-order valence-corrected chi connectivity index (χ4v) is 0.448. The monoisotopic (exact) mass is 209 g/mol. The second kappa shape index (κ2) is 5.36. The van der Waals surface area contributed by atoms with Gasteiger partial charge in [0.1, 0.15) is 5.84 Å². The van der Waals surface area contributed by atoms with Crippen LogP contribution in [0, 0.1) is 0 Å². The van der Waals surface area contributed by atoms with Crippen LogP contribution in [0.5, 0.6) is 0 Å². The molecule has 0 aliphatic carbocycles. The van der Waals surface area contributed by atoms with Crippen LogP contribution in [0.2, 0.25) is 0 Å². The van der Waals surface area contributed by atoms with Crippen molar-refractivity contribution in [2.45, 2.75) is 13.1 Å². The summed E-state index contributed by atoms with van der Waals surface area (Å²) in [4.78, 5) is 10.3. The van der Waals surface area contributed by atoms with Gasteiger partial charge in [-0.25, -0.2) is 4.99 Å². The van der Waals surface area contributed by atoms with Crippen molar-refractivity contribution in [1.82, 2.24) is 0 Å². The summed E-state index contributed by atoms with van der Waals surface area (Å²) in [5, 5.41) is 0. The SMILES string of the molecule is C=NC(=NC(C)=NC)OCC(F)(F)F. The highest BCUT2D eigenvalue weighted by Gasteiger charge is 2.29. The van der Waals surface area contributed by atoms with E-state index in [1.165, 1.54) is 14.0 Å². The highest BCUT2D eigenvalue weighted by Crippen LogP contribution is 2.14. The fourth-order valence-electron chi connectivity index (χ4n) is 0.448. The quantitative estimate of drug-likeness (QED) is 0.478. The second-order valence-electron chi connectivity index (χ2n) is 2.23. The molecule has 0 radical (unpaired) electrons. The molecule has 0 bridgehead atoms. The maximum absolute atomic E-state index is 11.7. The first-order valence-electron chi connectivity index (χ1n) is 3.57. The lowest BCUT2D eigenvalue weighted by Crippen LogP contribution is -2.19. The van der Waals surface area contributed by atoms with Gasteiger partial charge in [-0.15, -0.1) is 0 Å². The Hall–Kier alpha value is -1.40. The lowest BCUT2D eigenvalue weighted by atomic mass is 10.7. The van der Waals surface area contributed by atoms with Crippen LogP contribution in [0.3, 0.4) is 0 Å². The average Bonchev–Trinajstić information content (AvgIpc) is 2.10. The van der Waals surface area contributed by atoms with Crippen molar-refractivity contribution in [2.75, 3.05) is 13.7 Å². The van der Waals surface area contributed by atoms with Crippen LogP contribution in [0.15, 0.2) is 15.0 Å². The number of alkyl halides is 3. The maximum Gasteiger partial charge on any atom is 0.422 e. The molecule has 0 N–H and O–H groups in total. The summed E-state index contributed by atoms with van der Waals surface area (Å²) in [6, 6.07) is -0.439. The van der Waals surface area contributed by atoms with Crippen molar-refractivity contribution >= 4 is 18.6 Å². The molecule has 0 aromatic rings. The highest BCUT2D eigenvalue weighted by atomic mass is 19.4. The Morgan fingerprint density at radius 3 is 2.36 bits per heavy atom. The molecule has 80 valence electrons. The van der Waals surface area contributed by atoms with Gasteiger partial charge in [-0.05, 0) is 13.6 Å². The molecular formula is C7H10F3N3O. The van der Waals surface area contributed by atoms with Crippen LogP contribution in [-0.4, -0.2) is 38.4 Å². The molecule has 0 fully saturated rings. The number of hydrogen-bond donors (Lipinski definition) is 0. The Morgan fingerprint density at radius 2 is 2.00 bits per heavy atom. The number of rotatable bonds is 1. The minimum Gasteiger partial charge on any atom is -0.454 e. The molecule has 14 heavy (non-hydrogen) atoms. The van der Waals surface area contributed by atoms with Crippen LogP contribution >= 0.6 is 0 Å². The molecule has 0 saturated heterocycles. The topological polar surface area (TPSA) is 46.3 Å². The smallest absolute Gasteiger partial charge is 0.422 e. The minimum atomic E-state index is -4.41. The largest absolute Gasteiger partial charge is 0.454 e. The predicted octanol–water partition coefficient (Wildman–Crippen LogP) is 1.67. The van der Waals surface area contributed by atoms with Gasteiger partial charge in [0.25, 0.3) is 0 Å². The van der Waals surface area contributed by atoms with Crippen LogP contribution in [-0.2, 0) is 4.74 Å². The van der Waals surface area contributed by atoms with E-state index >= 15 is 0 Å². The van der Waals surface area contributed by atoms with E-state index in [9.17, 15) is 13.2 Å². The first kappa shape index (κ1) is 12.6. The maximum atomic E-state index is 11.7. The molecule has 0 aromatic carbocycles. The lowest BCUT2D eigenvalue weighted by Gasteiger charge is -2.07. The van der Waals surface area contributed by atoms with E-state index in [0.29, 0.717) is 0 Å². The third kappa shape index (κ3) is 6.15. The van der Waals surface area contributed by atoms with Crippen molar-refractivity contribution in [3.63, 3.8) is 0 Å². The van der Waals surface area contributed by atoms with E-state index in [4.69, 9.17) is 0 Å². The van der Waals surface area contributed by atoms with Crippen molar-refractivity contribution in [1.29, 1.82) is 0 Å². The Morgan fingerprint density at radius 1 is 1.43 bits per heavy atom. The van der Waals surface area contributed by atoms with Gasteiger partial charge < -0.3 is 4.74 Å². The normalized spacial score (nSPS) is 14.1. The molecule has 0 atom stereocenters. The molecule has 7 heteroatoms. The molecule has 0 heterocycles. The summed E-state index contributed by atoms with van der Waals surface area (Å²) < 4.78 is 39.3. The van der Waals surface area contributed by atoms with Crippen molar-refractivity contribution in [3.8, 4) is 0 Å². The van der Waals surface area contributed by atoms with Gasteiger partial charge in [0.05, 0.1) is 0 Å². The number of amidine groups is 2. The number of aliphatic imine (C=N–C) groups is 3. The van der Waals surface area contributed by atoms with Crippen molar-refractivity contribution in [3.05, 3.63) is 0 Å². The molecule has 0 unspecified atom stereocenters. The molecule has 0 amide bonds. The first-order valence-corrected chi connectivity index (χ1v) is 3.57. The Kier molecular flexibility index (Phi) is 4.82. The van der Waals surface area contributed by atoms with Crippen molar-refractivity contribution in [2.24, 2.45) is 15.0 Å². The summed E-state index contributed by atoms with van der Waals surface area (Å²) >= 11 is 0. The van der Waals surface area contributed by atoms with E-state index in [1.54, 1.807) is 0 Å². The summed E-state index contributed by atoms with van der Waals surface area (Å²) in [5.41, 5.74) is 0. The summed E-state index contributed by atoms with van der Waals surface area (Å²) in [6.45, 7) is 3.08. The zero-order valence-corrected chi connectivity index (χ0v) is 7.80. The number of ether oxygens (including phenoxy) is 1. The van der Waals surface area contributed by atoms with Gasteiger partial charge in [0, 0.05) is 7.05 Å². The van der Waals surface area contributed by atoms with Crippen molar-refractivity contribution < 1.29 is 17.9 Å². The van der Waals surface area contributed by atoms with Gasteiger partial charge in [-0.3, -0.25) is 4.99 Å². The Balaban J connectivity index is 4.31. The van der Waals surface area contributed by atoms with E-state index in [-0.39, 0.29) is 5.84 Å². The van der Waals surface area contributed by atoms with Gasteiger partial charge in [-0.1, -0.05) is 0 Å². The third-order valence-electron chi connectivity index (χ3n) is 1.08.